The Bertz CT molecular complexity index is 440. The van der Waals surface area contributed by atoms with Crippen molar-refractivity contribution in [2.24, 2.45) is 0 Å². The number of carbonyl (C=O) groups excluding carboxylic acids is 1. The summed E-state index contributed by atoms with van der Waals surface area (Å²) in [7, 11) is 0. The van der Waals surface area contributed by atoms with E-state index in [-0.39, 0.29) is 11.7 Å². The maximum atomic E-state index is 13.4. The predicted molar refractivity (Wildman–Crippen MR) is 73.8 cm³/mol. The molecule has 1 fully saturated rings. The second kappa shape index (κ2) is 6.66. The van der Waals surface area contributed by atoms with Gasteiger partial charge in [0.1, 0.15) is 5.82 Å². The largest absolute Gasteiger partial charge is 0.327 e. The number of nitrogens with one attached hydrogen (secondary N) is 2. The van der Waals surface area contributed by atoms with Crippen LogP contribution in [0.4, 0.5) is 10.1 Å². The molecule has 2 rings (SSSR count). The summed E-state index contributed by atoms with van der Waals surface area (Å²) in [5, 5.41) is 2.78. The zero-order valence-corrected chi connectivity index (χ0v) is 11.5. The molecule has 0 unspecified atom stereocenters. The first kappa shape index (κ1) is 14.0. The van der Waals surface area contributed by atoms with Crippen molar-refractivity contribution in [2.45, 2.75) is 32.6 Å². The molecule has 19 heavy (non-hydrogen) atoms. The maximum Gasteiger partial charge on any atom is 0.279 e. The summed E-state index contributed by atoms with van der Waals surface area (Å²) < 4.78 is 13.4. The summed E-state index contributed by atoms with van der Waals surface area (Å²) >= 11 is 0. The van der Waals surface area contributed by atoms with Crippen LogP contribution in [0.2, 0.25) is 0 Å². The average molecular weight is 265 g/mol. The van der Waals surface area contributed by atoms with Gasteiger partial charge in [-0.05, 0) is 50.3 Å². The third kappa shape index (κ3) is 4.31. The number of amides is 1. The highest BCUT2D eigenvalue weighted by Gasteiger charge is 2.16. The van der Waals surface area contributed by atoms with Crippen LogP contribution in [0.15, 0.2) is 18.2 Å². The molecule has 2 N–H and O–H groups in total. The van der Waals surface area contributed by atoms with Gasteiger partial charge in [-0.1, -0.05) is 6.07 Å². The molecule has 1 amide bonds. The van der Waals surface area contributed by atoms with Gasteiger partial charge in [0.25, 0.3) is 5.91 Å². The highest BCUT2D eigenvalue weighted by Crippen LogP contribution is 2.13. The van der Waals surface area contributed by atoms with Gasteiger partial charge in [0.2, 0.25) is 0 Å². The normalized spacial score (nSPS) is 16.9. The molecule has 1 aromatic carbocycles. The summed E-state index contributed by atoms with van der Waals surface area (Å²) in [5.41, 5.74) is 1.14. The molecule has 3 nitrogen and oxygen atoms in total. The molecule has 1 aliphatic heterocycles. The summed E-state index contributed by atoms with van der Waals surface area (Å²) in [6.07, 6.45) is 4.94. The van der Waals surface area contributed by atoms with Crippen molar-refractivity contribution in [3.8, 4) is 0 Å². The van der Waals surface area contributed by atoms with E-state index in [0.29, 0.717) is 17.8 Å². The first-order chi connectivity index (χ1) is 9.15. The molecular formula is C15H22FN2O+. The van der Waals surface area contributed by atoms with Crippen molar-refractivity contribution in [3.63, 3.8) is 0 Å². The number of carbonyl (C=O) groups is 1. The number of hydrogen-bond acceptors (Lipinski definition) is 1. The van der Waals surface area contributed by atoms with E-state index in [4.69, 9.17) is 0 Å². The van der Waals surface area contributed by atoms with Gasteiger partial charge in [0, 0.05) is 5.69 Å². The van der Waals surface area contributed by atoms with Crippen LogP contribution in [-0.2, 0) is 4.79 Å². The minimum atomic E-state index is -0.278. The van der Waals surface area contributed by atoms with Crippen molar-refractivity contribution in [1.29, 1.82) is 0 Å². The van der Waals surface area contributed by atoms with E-state index in [1.807, 2.05) is 0 Å². The highest BCUT2D eigenvalue weighted by atomic mass is 19.1. The van der Waals surface area contributed by atoms with Gasteiger partial charge in [-0.2, -0.15) is 0 Å². The summed E-state index contributed by atoms with van der Waals surface area (Å²) in [5.74, 6) is -0.305. The maximum absolute atomic E-state index is 13.4. The van der Waals surface area contributed by atoms with E-state index in [1.165, 1.54) is 36.6 Å². The Labute approximate surface area is 113 Å². The van der Waals surface area contributed by atoms with Gasteiger partial charge in [0.05, 0.1) is 13.1 Å². The van der Waals surface area contributed by atoms with Gasteiger partial charge >= 0.3 is 0 Å². The SMILES string of the molecule is Cc1ccc(NC(=O)C[NH+]2CCCCCC2)cc1F. The van der Waals surface area contributed by atoms with Crippen LogP contribution in [0.5, 0.6) is 0 Å². The van der Waals surface area contributed by atoms with Crippen molar-refractivity contribution in [3.05, 3.63) is 29.6 Å². The molecule has 1 aromatic rings. The second-order valence-electron chi connectivity index (χ2n) is 5.35. The van der Waals surface area contributed by atoms with Crippen LogP contribution in [0, 0.1) is 12.7 Å². The number of quaternary nitrogens is 1. The number of likely N-dealkylation sites (tertiary alicyclic amines) is 1. The van der Waals surface area contributed by atoms with E-state index in [9.17, 15) is 9.18 Å². The third-order valence-electron chi connectivity index (χ3n) is 3.68. The van der Waals surface area contributed by atoms with E-state index < -0.39 is 0 Å². The Hall–Kier alpha value is -1.42. The van der Waals surface area contributed by atoms with Crippen molar-refractivity contribution in [2.75, 3.05) is 25.0 Å². The van der Waals surface area contributed by atoms with Crippen molar-refractivity contribution >= 4 is 11.6 Å². The Morgan fingerprint density at radius 2 is 1.95 bits per heavy atom. The van der Waals surface area contributed by atoms with Gasteiger partial charge in [0.15, 0.2) is 6.54 Å². The predicted octanol–water partition coefficient (Wildman–Crippen LogP) is 1.53. The first-order valence-corrected chi connectivity index (χ1v) is 7.05. The molecule has 0 aromatic heterocycles. The van der Waals surface area contributed by atoms with Gasteiger partial charge < -0.3 is 10.2 Å². The molecule has 0 saturated carbocycles. The molecular weight excluding hydrogens is 243 g/mol. The van der Waals surface area contributed by atoms with Crippen LogP contribution in [-0.4, -0.2) is 25.5 Å². The van der Waals surface area contributed by atoms with E-state index in [2.05, 4.69) is 5.32 Å². The lowest BCUT2D eigenvalue weighted by atomic mass is 10.2. The Morgan fingerprint density at radius 3 is 2.58 bits per heavy atom. The lowest BCUT2D eigenvalue weighted by Crippen LogP contribution is -3.12. The molecule has 1 aliphatic rings. The quantitative estimate of drug-likeness (QED) is 0.854. The number of benzene rings is 1. The average Bonchev–Trinajstić information content (AvgIpc) is 2.62. The highest BCUT2D eigenvalue weighted by molar-refractivity contribution is 5.91. The molecule has 1 heterocycles. The number of hydrogen-bond donors (Lipinski definition) is 2. The Balaban J connectivity index is 1.87. The topological polar surface area (TPSA) is 33.5 Å². The molecule has 104 valence electrons. The molecule has 1 saturated heterocycles. The van der Waals surface area contributed by atoms with Gasteiger partial charge in [-0.25, -0.2) is 4.39 Å². The Kier molecular flexibility index (Phi) is 4.91. The fraction of sp³-hybridized carbons (Fsp3) is 0.533. The van der Waals surface area contributed by atoms with E-state index in [1.54, 1.807) is 19.1 Å². The van der Waals surface area contributed by atoms with Crippen LogP contribution in [0.25, 0.3) is 0 Å². The minimum Gasteiger partial charge on any atom is -0.327 e. The molecule has 0 aliphatic carbocycles. The number of anilines is 1. The number of rotatable bonds is 3. The smallest absolute Gasteiger partial charge is 0.279 e. The zero-order valence-electron chi connectivity index (χ0n) is 11.5. The summed E-state index contributed by atoms with van der Waals surface area (Å²) in [6, 6.07) is 4.81. The fourth-order valence-corrected chi connectivity index (χ4v) is 2.51. The van der Waals surface area contributed by atoms with Crippen LogP contribution in [0.3, 0.4) is 0 Å². The lowest BCUT2D eigenvalue weighted by Gasteiger charge is -2.16. The van der Waals surface area contributed by atoms with Crippen molar-refractivity contribution in [1.82, 2.24) is 0 Å². The van der Waals surface area contributed by atoms with Crippen molar-refractivity contribution < 1.29 is 14.1 Å². The van der Waals surface area contributed by atoms with E-state index >= 15 is 0 Å². The number of halogens is 1. The zero-order chi connectivity index (χ0) is 13.7. The minimum absolute atomic E-state index is 0.0276. The van der Waals surface area contributed by atoms with Gasteiger partial charge in [-0.15, -0.1) is 0 Å². The summed E-state index contributed by atoms with van der Waals surface area (Å²) in [4.78, 5) is 13.3. The van der Waals surface area contributed by atoms with Gasteiger partial charge in [-0.3, -0.25) is 4.79 Å². The Morgan fingerprint density at radius 1 is 1.26 bits per heavy atom. The summed E-state index contributed by atoms with van der Waals surface area (Å²) in [6.45, 7) is 4.32. The fourth-order valence-electron chi connectivity index (χ4n) is 2.51. The lowest BCUT2D eigenvalue weighted by molar-refractivity contribution is -0.890. The molecule has 0 spiro atoms. The van der Waals surface area contributed by atoms with Crippen LogP contribution in [0.1, 0.15) is 31.2 Å². The molecule has 0 atom stereocenters. The van der Waals surface area contributed by atoms with Crippen LogP contribution < -0.4 is 10.2 Å². The molecule has 0 bridgehead atoms. The van der Waals surface area contributed by atoms with Crippen LogP contribution >= 0.6 is 0 Å². The second-order valence-corrected chi connectivity index (χ2v) is 5.35. The third-order valence-corrected chi connectivity index (χ3v) is 3.68. The monoisotopic (exact) mass is 265 g/mol. The first-order valence-electron chi connectivity index (χ1n) is 7.05. The molecule has 0 radical (unpaired) electrons. The molecule has 4 heteroatoms. The standard InChI is InChI=1S/C15H21FN2O/c1-12-6-7-13(10-14(12)16)17-15(19)11-18-8-4-2-3-5-9-18/h6-7,10H,2-5,8-9,11H2,1H3,(H,17,19)/p+1. The van der Waals surface area contributed by atoms with E-state index in [0.717, 1.165) is 13.1 Å². The number of aryl methyl sites for hydroxylation is 1.